The number of rotatable bonds is 5. The second-order valence-corrected chi connectivity index (χ2v) is 8.13. The molecule has 1 aromatic carbocycles. The van der Waals surface area contributed by atoms with Crippen LogP contribution in [0, 0.1) is 11.8 Å². The summed E-state index contributed by atoms with van der Waals surface area (Å²) in [5.74, 6) is 0.803. The van der Waals surface area contributed by atoms with E-state index in [2.05, 4.69) is 61.1 Å². The number of hydrogen-bond acceptors (Lipinski definition) is 4. The van der Waals surface area contributed by atoms with Gasteiger partial charge in [-0.1, -0.05) is 31.2 Å². The second kappa shape index (κ2) is 9.22. The summed E-state index contributed by atoms with van der Waals surface area (Å²) in [7, 11) is 3.22. The highest BCUT2D eigenvalue weighted by Crippen LogP contribution is 2.24. The van der Waals surface area contributed by atoms with Crippen LogP contribution in [0.2, 0.25) is 0 Å². The van der Waals surface area contributed by atoms with Gasteiger partial charge < -0.3 is 19.7 Å². The minimum absolute atomic E-state index is 0.105. The first kappa shape index (κ1) is 21.2. The quantitative estimate of drug-likeness (QED) is 0.487. The van der Waals surface area contributed by atoms with E-state index < -0.39 is 0 Å². The summed E-state index contributed by atoms with van der Waals surface area (Å²) >= 11 is 0. The molecule has 6 nitrogen and oxygen atoms in total. The third kappa shape index (κ3) is 6.24. The molecule has 1 aromatic rings. The van der Waals surface area contributed by atoms with Crippen LogP contribution in [0.5, 0.6) is 0 Å². The van der Waals surface area contributed by atoms with Gasteiger partial charge in [0.25, 0.3) is 0 Å². The molecule has 1 N–H and O–H groups in total. The van der Waals surface area contributed by atoms with Gasteiger partial charge in [-0.3, -0.25) is 9.79 Å². The zero-order chi connectivity index (χ0) is 20.0. The van der Waals surface area contributed by atoms with E-state index >= 15 is 0 Å². The lowest BCUT2D eigenvalue weighted by Gasteiger charge is -2.22. The van der Waals surface area contributed by atoms with E-state index in [1.807, 2.05) is 6.07 Å². The van der Waals surface area contributed by atoms with Crippen molar-refractivity contribution in [3.63, 3.8) is 0 Å². The number of benzene rings is 1. The topological polar surface area (TPSA) is 63.2 Å². The number of hydrogen-bond donors (Lipinski definition) is 1. The number of nitrogens with one attached hydrogen (secondary N) is 1. The van der Waals surface area contributed by atoms with Crippen LogP contribution in [-0.2, 0) is 27.4 Å². The van der Waals surface area contributed by atoms with Crippen molar-refractivity contribution in [3.05, 3.63) is 35.4 Å². The Morgan fingerprint density at radius 1 is 1.30 bits per heavy atom. The van der Waals surface area contributed by atoms with Gasteiger partial charge in [-0.25, -0.2) is 0 Å². The molecule has 1 heterocycles. The number of nitrogens with zero attached hydrogens (tertiary/aromatic N) is 2. The summed E-state index contributed by atoms with van der Waals surface area (Å²) in [6, 6.07) is 8.36. The van der Waals surface area contributed by atoms with Crippen LogP contribution in [0.3, 0.4) is 0 Å². The lowest BCUT2D eigenvalue weighted by atomic mass is 9.99. The Bertz CT molecular complexity index is 667. The highest BCUT2D eigenvalue weighted by atomic mass is 16.5. The van der Waals surface area contributed by atoms with Crippen molar-refractivity contribution in [2.24, 2.45) is 16.8 Å². The number of ether oxygens (including phenoxy) is 2. The SMILES string of the molecule is CN=C(NCc1cccc(COC(C)(C)C)c1)N1CC(C)C(C(=O)OC)C1. The average Bonchev–Trinajstić information content (AvgIpc) is 3.01. The minimum atomic E-state index is -0.154. The van der Waals surface area contributed by atoms with E-state index in [4.69, 9.17) is 9.47 Å². The number of guanidine groups is 1. The molecule has 27 heavy (non-hydrogen) atoms. The number of methoxy groups -OCH3 is 1. The Balaban J connectivity index is 1.94. The molecule has 150 valence electrons. The van der Waals surface area contributed by atoms with Crippen LogP contribution in [0.25, 0.3) is 0 Å². The number of esters is 1. The monoisotopic (exact) mass is 375 g/mol. The lowest BCUT2D eigenvalue weighted by molar-refractivity contribution is -0.145. The largest absolute Gasteiger partial charge is 0.469 e. The molecule has 0 radical (unpaired) electrons. The molecule has 2 unspecified atom stereocenters. The zero-order valence-corrected chi connectivity index (χ0v) is 17.4. The van der Waals surface area contributed by atoms with Crippen LogP contribution in [0.4, 0.5) is 0 Å². The molecule has 1 aliphatic heterocycles. The average molecular weight is 376 g/mol. The second-order valence-electron chi connectivity index (χ2n) is 8.13. The van der Waals surface area contributed by atoms with Crippen molar-refractivity contribution in [2.45, 2.75) is 46.4 Å². The predicted molar refractivity (Wildman–Crippen MR) is 107 cm³/mol. The fourth-order valence-electron chi connectivity index (χ4n) is 3.24. The van der Waals surface area contributed by atoms with Crippen molar-refractivity contribution in [2.75, 3.05) is 27.2 Å². The summed E-state index contributed by atoms with van der Waals surface area (Å²) in [5.41, 5.74) is 2.17. The Kier molecular flexibility index (Phi) is 7.25. The normalized spacial score (nSPS) is 20.7. The van der Waals surface area contributed by atoms with Crippen molar-refractivity contribution >= 4 is 11.9 Å². The fraction of sp³-hybridized carbons (Fsp3) is 0.619. The third-order valence-corrected chi connectivity index (χ3v) is 4.74. The van der Waals surface area contributed by atoms with Gasteiger partial charge in [0.1, 0.15) is 0 Å². The van der Waals surface area contributed by atoms with E-state index in [0.717, 1.165) is 18.1 Å². The van der Waals surface area contributed by atoms with Gasteiger partial charge in [0.2, 0.25) is 0 Å². The van der Waals surface area contributed by atoms with Crippen LogP contribution < -0.4 is 5.32 Å². The number of carbonyl (C=O) groups excluding carboxylic acids is 1. The van der Waals surface area contributed by atoms with Crippen LogP contribution in [0.15, 0.2) is 29.3 Å². The smallest absolute Gasteiger partial charge is 0.310 e. The van der Waals surface area contributed by atoms with E-state index in [-0.39, 0.29) is 23.4 Å². The fourth-order valence-corrected chi connectivity index (χ4v) is 3.24. The summed E-state index contributed by atoms with van der Waals surface area (Å²) in [6.07, 6.45) is 0. The van der Waals surface area contributed by atoms with Crippen molar-refractivity contribution < 1.29 is 14.3 Å². The molecular weight excluding hydrogens is 342 g/mol. The van der Waals surface area contributed by atoms with E-state index in [1.165, 1.54) is 12.7 Å². The molecule has 0 saturated carbocycles. The Morgan fingerprint density at radius 3 is 2.63 bits per heavy atom. The summed E-state index contributed by atoms with van der Waals surface area (Å²) < 4.78 is 10.8. The summed E-state index contributed by atoms with van der Waals surface area (Å²) in [4.78, 5) is 18.4. The molecule has 1 aliphatic rings. The number of carbonyl (C=O) groups is 1. The van der Waals surface area contributed by atoms with Gasteiger partial charge in [0, 0.05) is 26.7 Å². The standard InChI is InChI=1S/C21H33N3O3/c1-15-12-24(13-18(15)19(25)26-6)20(22-5)23-11-16-8-7-9-17(10-16)14-27-21(2,3)4/h7-10,15,18H,11-14H2,1-6H3,(H,22,23). The van der Waals surface area contributed by atoms with E-state index in [9.17, 15) is 4.79 Å². The molecule has 0 amide bonds. The first-order valence-electron chi connectivity index (χ1n) is 9.48. The summed E-state index contributed by atoms with van der Waals surface area (Å²) in [5, 5.41) is 3.41. The van der Waals surface area contributed by atoms with Gasteiger partial charge in [0.05, 0.1) is 25.2 Å². The minimum Gasteiger partial charge on any atom is -0.469 e. The Labute approximate surface area is 162 Å². The molecule has 0 aromatic heterocycles. The lowest BCUT2D eigenvalue weighted by Crippen LogP contribution is -2.40. The predicted octanol–water partition coefficient (Wildman–Crippen LogP) is 2.82. The Hall–Kier alpha value is -2.08. The van der Waals surface area contributed by atoms with Crippen LogP contribution in [-0.4, -0.2) is 49.7 Å². The molecule has 1 saturated heterocycles. The van der Waals surface area contributed by atoms with Crippen molar-refractivity contribution in [3.8, 4) is 0 Å². The Morgan fingerprint density at radius 2 is 2.00 bits per heavy atom. The molecule has 1 fully saturated rings. The highest BCUT2D eigenvalue weighted by molar-refractivity contribution is 5.82. The molecule has 2 atom stereocenters. The molecule has 0 aliphatic carbocycles. The summed E-state index contributed by atoms with van der Waals surface area (Å²) in [6.45, 7) is 10.9. The van der Waals surface area contributed by atoms with Gasteiger partial charge in [-0.05, 0) is 37.8 Å². The van der Waals surface area contributed by atoms with Crippen molar-refractivity contribution in [1.82, 2.24) is 10.2 Å². The zero-order valence-electron chi connectivity index (χ0n) is 17.4. The first-order chi connectivity index (χ1) is 12.7. The van der Waals surface area contributed by atoms with Crippen LogP contribution >= 0.6 is 0 Å². The van der Waals surface area contributed by atoms with Gasteiger partial charge in [-0.15, -0.1) is 0 Å². The van der Waals surface area contributed by atoms with Gasteiger partial charge in [0.15, 0.2) is 5.96 Å². The van der Waals surface area contributed by atoms with Crippen LogP contribution in [0.1, 0.15) is 38.8 Å². The highest BCUT2D eigenvalue weighted by Gasteiger charge is 2.36. The van der Waals surface area contributed by atoms with Crippen molar-refractivity contribution in [1.29, 1.82) is 0 Å². The first-order valence-corrected chi connectivity index (χ1v) is 9.48. The number of aliphatic imine (C=N–C) groups is 1. The molecular formula is C21H33N3O3. The maximum absolute atomic E-state index is 11.9. The van der Waals surface area contributed by atoms with Gasteiger partial charge >= 0.3 is 5.97 Å². The third-order valence-electron chi connectivity index (χ3n) is 4.74. The molecule has 0 bridgehead atoms. The molecule has 6 heteroatoms. The maximum Gasteiger partial charge on any atom is 0.310 e. The molecule has 0 spiro atoms. The maximum atomic E-state index is 11.9. The van der Waals surface area contributed by atoms with Gasteiger partial charge in [-0.2, -0.15) is 0 Å². The number of likely N-dealkylation sites (tertiary alicyclic amines) is 1. The molecule has 2 rings (SSSR count). The van der Waals surface area contributed by atoms with E-state index in [0.29, 0.717) is 19.7 Å². The van der Waals surface area contributed by atoms with E-state index in [1.54, 1.807) is 7.05 Å².